The van der Waals surface area contributed by atoms with Crippen molar-refractivity contribution in [1.29, 1.82) is 0 Å². The molecule has 2 rings (SSSR count). The van der Waals surface area contributed by atoms with Crippen LogP contribution in [0.3, 0.4) is 0 Å². The molecule has 0 saturated carbocycles. The summed E-state index contributed by atoms with van der Waals surface area (Å²) in [6.07, 6.45) is 1.37. The zero-order valence-electron chi connectivity index (χ0n) is 11.9. The van der Waals surface area contributed by atoms with Crippen LogP contribution in [0.4, 0.5) is 0 Å². The minimum Gasteiger partial charge on any atom is -0.496 e. The fraction of sp³-hybridized carbons (Fsp3) is 0.533. The second-order valence-corrected chi connectivity index (χ2v) is 5.33. The van der Waals surface area contributed by atoms with Crippen LogP contribution in [0.2, 0.25) is 5.02 Å². The largest absolute Gasteiger partial charge is 0.496 e. The third-order valence-corrected chi connectivity index (χ3v) is 4.04. The Labute approximate surface area is 124 Å². The number of ether oxygens (including phenoxy) is 2. The van der Waals surface area contributed by atoms with Crippen LogP contribution in [0.15, 0.2) is 18.2 Å². The minimum atomic E-state index is -0.669. The van der Waals surface area contributed by atoms with Gasteiger partial charge in [-0.2, -0.15) is 0 Å². The van der Waals surface area contributed by atoms with Crippen molar-refractivity contribution in [2.45, 2.75) is 25.2 Å². The number of carbonyl (C=O) groups is 1. The van der Waals surface area contributed by atoms with E-state index < -0.39 is 5.41 Å². The highest BCUT2D eigenvalue weighted by Gasteiger charge is 2.44. The molecule has 0 spiro atoms. The summed E-state index contributed by atoms with van der Waals surface area (Å²) in [4.78, 5) is 12.6. The Hall–Kier alpha value is -1.26. The molecule has 1 aromatic carbocycles. The summed E-state index contributed by atoms with van der Waals surface area (Å²) in [7, 11) is 1.60. The lowest BCUT2D eigenvalue weighted by atomic mass is 9.72. The molecule has 0 aromatic heterocycles. The van der Waals surface area contributed by atoms with Gasteiger partial charge in [0.25, 0.3) is 0 Å². The Kier molecular flexibility index (Phi) is 4.89. The van der Waals surface area contributed by atoms with E-state index in [0.29, 0.717) is 30.2 Å². The van der Waals surface area contributed by atoms with Crippen molar-refractivity contribution in [3.63, 3.8) is 0 Å². The molecule has 1 aromatic rings. The smallest absolute Gasteiger partial charge is 0.316 e. The SMILES string of the molecule is CCOC(=O)C1(c2cc(Cl)ccc2OC)CCNCC1. The zero-order valence-corrected chi connectivity index (χ0v) is 12.6. The Bertz CT molecular complexity index is 484. The predicted molar refractivity (Wildman–Crippen MR) is 78.4 cm³/mol. The van der Waals surface area contributed by atoms with Gasteiger partial charge in [0, 0.05) is 10.6 Å². The molecular formula is C15H20ClNO3. The van der Waals surface area contributed by atoms with Gasteiger partial charge in [-0.05, 0) is 51.1 Å². The predicted octanol–water partition coefficient (Wildman–Crippen LogP) is 2.53. The van der Waals surface area contributed by atoms with Gasteiger partial charge < -0.3 is 14.8 Å². The summed E-state index contributed by atoms with van der Waals surface area (Å²) in [6.45, 7) is 3.74. The normalized spacial score (nSPS) is 17.6. The molecule has 1 heterocycles. The van der Waals surface area contributed by atoms with Crippen LogP contribution in [0.5, 0.6) is 5.75 Å². The molecular weight excluding hydrogens is 278 g/mol. The molecule has 0 atom stereocenters. The Morgan fingerprint density at radius 3 is 2.70 bits per heavy atom. The monoisotopic (exact) mass is 297 g/mol. The lowest BCUT2D eigenvalue weighted by molar-refractivity contribution is -0.151. The summed E-state index contributed by atoms with van der Waals surface area (Å²) in [6, 6.07) is 5.40. The quantitative estimate of drug-likeness (QED) is 0.868. The number of hydrogen-bond donors (Lipinski definition) is 1. The van der Waals surface area contributed by atoms with Crippen LogP contribution >= 0.6 is 11.6 Å². The summed E-state index contributed by atoms with van der Waals surface area (Å²) < 4.78 is 10.7. The summed E-state index contributed by atoms with van der Waals surface area (Å²) >= 11 is 6.11. The van der Waals surface area contributed by atoms with E-state index in [0.717, 1.165) is 18.7 Å². The fourth-order valence-electron chi connectivity index (χ4n) is 2.76. The maximum absolute atomic E-state index is 12.6. The van der Waals surface area contributed by atoms with Gasteiger partial charge in [0.05, 0.1) is 19.1 Å². The topological polar surface area (TPSA) is 47.6 Å². The number of methoxy groups -OCH3 is 1. The Morgan fingerprint density at radius 1 is 1.40 bits per heavy atom. The minimum absolute atomic E-state index is 0.193. The van der Waals surface area contributed by atoms with E-state index >= 15 is 0 Å². The number of rotatable bonds is 4. The number of nitrogens with one attached hydrogen (secondary N) is 1. The maximum atomic E-state index is 12.6. The van der Waals surface area contributed by atoms with Crippen LogP contribution in [-0.2, 0) is 14.9 Å². The van der Waals surface area contributed by atoms with Crippen molar-refractivity contribution in [1.82, 2.24) is 5.32 Å². The molecule has 1 saturated heterocycles. The van der Waals surface area contributed by atoms with Gasteiger partial charge in [-0.1, -0.05) is 11.6 Å². The summed E-state index contributed by atoms with van der Waals surface area (Å²) in [5.74, 6) is 0.492. The van der Waals surface area contributed by atoms with E-state index in [4.69, 9.17) is 21.1 Å². The highest BCUT2D eigenvalue weighted by molar-refractivity contribution is 6.30. The van der Waals surface area contributed by atoms with Crippen molar-refractivity contribution in [3.8, 4) is 5.75 Å². The van der Waals surface area contributed by atoms with Crippen LogP contribution in [0.1, 0.15) is 25.3 Å². The Balaban J connectivity index is 2.50. The molecule has 1 fully saturated rings. The van der Waals surface area contributed by atoms with E-state index in [9.17, 15) is 4.79 Å². The molecule has 1 N–H and O–H groups in total. The standard InChI is InChI=1S/C15H20ClNO3/c1-3-20-14(18)15(6-8-17-9-7-15)12-10-11(16)4-5-13(12)19-2/h4-5,10,17H,3,6-9H2,1-2H3. The van der Waals surface area contributed by atoms with E-state index in [2.05, 4.69) is 5.32 Å². The third-order valence-electron chi connectivity index (χ3n) is 3.80. The molecule has 110 valence electrons. The molecule has 0 unspecified atom stereocenters. The van der Waals surface area contributed by atoms with Gasteiger partial charge in [-0.3, -0.25) is 4.79 Å². The third kappa shape index (κ3) is 2.76. The van der Waals surface area contributed by atoms with Gasteiger partial charge in [0.15, 0.2) is 0 Å². The van der Waals surface area contributed by atoms with Gasteiger partial charge >= 0.3 is 5.97 Å². The summed E-state index contributed by atoms with van der Waals surface area (Å²) in [5, 5.41) is 3.88. The van der Waals surface area contributed by atoms with Crippen molar-refractivity contribution in [3.05, 3.63) is 28.8 Å². The van der Waals surface area contributed by atoms with Gasteiger partial charge in [-0.25, -0.2) is 0 Å². The van der Waals surface area contributed by atoms with Gasteiger partial charge in [0.2, 0.25) is 0 Å². The summed E-state index contributed by atoms with van der Waals surface area (Å²) in [5.41, 5.74) is 0.157. The number of piperidine rings is 1. The molecule has 4 nitrogen and oxygen atoms in total. The molecule has 5 heteroatoms. The molecule has 0 amide bonds. The second-order valence-electron chi connectivity index (χ2n) is 4.90. The molecule has 20 heavy (non-hydrogen) atoms. The van der Waals surface area contributed by atoms with E-state index in [-0.39, 0.29) is 5.97 Å². The molecule has 1 aliphatic rings. The average Bonchev–Trinajstić information content (AvgIpc) is 2.48. The van der Waals surface area contributed by atoms with Crippen molar-refractivity contribution in [2.24, 2.45) is 0 Å². The van der Waals surface area contributed by atoms with Crippen molar-refractivity contribution < 1.29 is 14.3 Å². The molecule has 0 aliphatic carbocycles. The Morgan fingerprint density at radius 2 is 2.10 bits per heavy atom. The van der Waals surface area contributed by atoms with E-state index in [1.165, 1.54) is 0 Å². The fourth-order valence-corrected chi connectivity index (χ4v) is 2.93. The van der Waals surface area contributed by atoms with E-state index in [1.54, 1.807) is 19.2 Å². The van der Waals surface area contributed by atoms with Crippen molar-refractivity contribution >= 4 is 17.6 Å². The molecule has 0 radical (unpaired) electrons. The molecule has 1 aliphatic heterocycles. The number of carbonyl (C=O) groups excluding carboxylic acids is 1. The first-order valence-electron chi connectivity index (χ1n) is 6.86. The highest BCUT2D eigenvalue weighted by Crippen LogP contribution is 2.41. The first kappa shape index (κ1) is 15.1. The zero-order chi connectivity index (χ0) is 14.6. The first-order chi connectivity index (χ1) is 9.64. The van der Waals surface area contributed by atoms with E-state index in [1.807, 2.05) is 13.0 Å². The van der Waals surface area contributed by atoms with Gasteiger partial charge in [-0.15, -0.1) is 0 Å². The first-order valence-corrected chi connectivity index (χ1v) is 7.24. The number of benzene rings is 1. The molecule has 0 bridgehead atoms. The van der Waals surface area contributed by atoms with Crippen LogP contribution in [0.25, 0.3) is 0 Å². The highest BCUT2D eigenvalue weighted by atomic mass is 35.5. The van der Waals surface area contributed by atoms with Gasteiger partial charge in [0.1, 0.15) is 5.75 Å². The number of esters is 1. The van der Waals surface area contributed by atoms with Crippen LogP contribution in [-0.4, -0.2) is 32.8 Å². The van der Waals surface area contributed by atoms with Crippen LogP contribution in [0, 0.1) is 0 Å². The average molecular weight is 298 g/mol. The van der Waals surface area contributed by atoms with Crippen molar-refractivity contribution in [2.75, 3.05) is 26.8 Å². The maximum Gasteiger partial charge on any atom is 0.316 e. The lowest BCUT2D eigenvalue weighted by Crippen LogP contribution is -2.46. The second kappa shape index (κ2) is 6.46. The number of hydrogen-bond acceptors (Lipinski definition) is 4. The van der Waals surface area contributed by atoms with Crippen LogP contribution < -0.4 is 10.1 Å². The number of halogens is 1. The lowest BCUT2D eigenvalue weighted by Gasteiger charge is -2.36.